The van der Waals surface area contributed by atoms with E-state index in [1.807, 2.05) is 36.5 Å². The molecule has 0 atom stereocenters. The molecule has 196 valence electrons. The van der Waals surface area contributed by atoms with Crippen molar-refractivity contribution >= 4 is 30.2 Å². The number of hydrogen-bond acceptors (Lipinski definition) is 4. The highest BCUT2D eigenvalue weighted by molar-refractivity contribution is 5.90. The van der Waals surface area contributed by atoms with E-state index in [1.165, 1.54) is 0 Å². The van der Waals surface area contributed by atoms with Crippen molar-refractivity contribution in [3.05, 3.63) is 35.9 Å². The van der Waals surface area contributed by atoms with Crippen LogP contribution in [0.25, 0.3) is 0 Å². The lowest BCUT2D eigenvalue weighted by Gasteiger charge is -2.27. The third-order valence-electron chi connectivity index (χ3n) is 6.46. The Hall–Kier alpha value is -1.52. The van der Waals surface area contributed by atoms with Crippen LogP contribution in [0.4, 0.5) is 0 Å². The van der Waals surface area contributed by atoms with Gasteiger partial charge in [0.1, 0.15) is 11.3 Å². The minimum Gasteiger partial charge on any atom is -0.319 e. The zero-order valence-electron chi connectivity index (χ0n) is 22.7. The molecule has 0 fully saturated rings. The van der Waals surface area contributed by atoms with Crippen molar-refractivity contribution < 1.29 is 9.59 Å². The highest BCUT2D eigenvalue weighted by Crippen LogP contribution is 2.27. The molecule has 0 spiro atoms. The van der Waals surface area contributed by atoms with E-state index in [-0.39, 0.29) is 24.0 Å². The molecule has 5 heteroatoms. The molecule has 0 aromatic heterocycles. The molecule has 0 aliphatic heterocycles. The van der Waals surface area contributed by atoms with Gasteiger partial charge in [0.05, 0.1) is 5.54 Å². The Morgan fingerprint density at radius 3 is 1.53 bits per heavy atom. The second-order valence-electron chi connectivity index (χ2n) is 9.38. The van der Waals surface area contributed by atoms with Crippen molar-refractivity contribution in [3.63, 3.8) is 0 Å². The maximum Gasteiger partial charge on any atom is 0.157 e. The molecule has 34 heavy (non-hydrogen) atoms. The fourth-order valence-electron chi connectivity index (χ4n) is 3.83. The van der Waals surface area contributed by atoms with Crippen molar-refractivity contribution in [1.82, 2.24) is 0 Å². The average Bonchev–Trinajstić information content (AvgIpc) is 2.82. The third-order valence-corrected chi connectivity index (χ3v) is 6.46. The van der Waals surface area contributed by atoms with Crippen LogP contribution in [0.2, 0.25) is 0 Å². The van der Waals surface area contributed by atoms with Gasteiger partial charge in [0.15, 0.2) is 5.78 Å². The molecule has 0 radical (unpaired) electrons. The van der Waals surface area contributed by atoms with Crippen LogP contribution in [0, 0.1) is 0 Å². The summed E-state index contributed by atoms with van der Waals surface area (Å²) >= 11 is 0. The number of benzene rings is 1. The molecule has 1 aromatic rings. The molecular formula is C29H51ClN2O2. The van der Waals surface area contributed by atoms with Gasteiger partial charge in [0, 0.05) is 6.21 Å². The van der Waals surface area contributed by atoms with E-state index in [0.29, 0.717) is 0 Å². The summed E-state index contributed by atoms with van der Waals surface area (Å²) in [5.74, 6) is 0.348. The summed E-state index contributed by atoms with van der Waals surface area (Å²) in [6, 6.07) is 10.0. The Bertz CT molecular complexity index is 673. The SMILES string of the molecule is CCCCC(CCCC)(N=Cc1ccccc1)C(C)=O.CCCCC(N)(CCCC)C(C)=O.Cl. The highest BCUT2D eigenvalue weighted by atomic mass is 35.5. The molecule has 1 rings (SSSR count). The standard InChI is InChI=1S/C18H27NO.C11H23NO.ClH/c1-4-6-13-18(16(3)20,14-7-5-2)19-15-17-11-9-8-10-12-17;1-4-6-8-11(12,10(3)13)9-7-5-2;/h8-12,15H,4-7,13-14H2,1-3H3;4-9,12H2,1-3H3;1H. The van der Waals surface area contributed by atoms with Gasteiger partial charge >= 0.3 is 0 Å². The molecular weight excluding hydrogens is 444 g/mol. The quantitative estimate of drug-likeness (QED) is 0.237. The molecule has 1 aromatic carbocycles. The van der Waals surface area contributed by atoms with Gasteiger partial charge in [-0.15, -0.1) is 12.4 Å². The molecule has 0 amide bonds. The second-order valence-corrected chi connectivity index (χ2v) is 9.38. The fraction of sp³-hybridized carbons (Fsp3) is 0.690. The van der Waals surface area contributed by atoms with Gasteiger partial charge in [-0.3, -0.25) is 14.6 Å². The smallest absolute Gasteiger partial charge is 0.157 e. The lowest BCUT2D eigenvalue weighted by Crippen LogP contribution is -2.46. The van der Waals surface area contributed by atoms with Gasteiger partial charge in [0.2, 0.25) is 0 Å². The summed E-state index contributed by atoms with van der Waals surface area (Å²) < 4.78 is 0. The maximum absolute atomic E-state index is 12.2. The number of carbonyl (C=O) groups is 2. The first-order valence-electron chi connectivity index (χ1n) is 13.1. The van der Waals surface area contributed by atoms with E-state index < -0.39 is 11.1 Å². The minimum absolute atomic E-state index is 0. The first-order valence-corrected chi connectivity index (χ1v) is 13.1. The zero-order valence-corrected chi connectivity index (χ0v) is 23.5. The molecule has 0 bridgehead atoms. The first-order chi connectivity index (χ1) is 15.7. The molecule has 0 aliphatic carbocycles. The predicted molar refractivity (Wildman–Crippen MR) is 150 cm³/mol. The van der Waals surface area contributed by atoms with Crippen molar-refractivity contribution in [2.75, 3.05) is 0 Å². The number of halogens is 1. The topological polar surface area (TPSA) is 72.5 Å². The molecule has 0 unspecified atom stereocenters. The van der Waals surface area contributed by atoms with Gasteiger partial charge in [-0.05, 0) is 45.1 Å². The van der Waals surface area contributed by atoms with Gasteiger partial charge < -0.3 is 5.73 Å². The Kier molecular flexibility index (Phi) is 20.1. The number of Topliss-reactive ketones (excluding diaryl/α,β-unsaturated/α-hetero) is 2. The maximum atomic E-state index is 12.2. The predicted octanol–water partition coefficient (Wildman–Crippen LogP) is 7.89. The van der Waals surface area contributed by atoms with Gasteiger partial charge in [-0.2, -0.15) is 0 Å². The highest BCUT2D eigenvalue weighted by Gasteiger charge is 2.33. The van der Waals surface area contributed by atoms with Crippen LogP contribution >= 0.6 is 12.4 Å². The number of nitrogens with two attached hydrogens (primary N) is 1. The molecule has 0 saturated carbocycles. The molecule has 0 aliphatic rings. The van der Waals surface area contributed by atoms with Gasteiger partial charge in [0.25, 0.3) is 0 Å². The number of carbonyl (C=O) groups excluding carboxylic acids is 2. The van der Waals surface area contributed by atoms with Gasteiger partial charge in [-0.25, -0.2) is 0 Å². The van der Waals surface area contributed by atoms with E-state index in [2.05, 4.69) is 27.7 Å². The summed E-state index contributed by atoms with van der Waals surface area (Å²) in [6.07, 6.45) is 13.9. The largest absolute Gasteiger partial charge is 0.319 e. The number of ketones is 2. The molecule has 0 saturated heterocycles. The summed E-state index contributed by atoms with van der Waals surface area (Å²) in [4.78, 5) is 28.3. The van der Waals surface area contributed by atoms with Crippen LogP contribution in [0.5, 0.6) is 0 Å². The van der Waals surface area contributed by atoms with Crippen molar-refractivity contribution in [1.29, 1.82) is 0 Å². The van der Waals surface area contributed by atoms with E-state index in [9.17, 15) is 9.59 Å². The monoisotopic (exact) mass is 494 g/mol. The van der Waals surface area contributed by atoms with Crippen LogP contribution in [0.3, 0.4) is 0 Å². The minimum atomic E-state index is -0.536. The van der Waals surface area contributed by atoms with Crippen LogP contribution in [-0.4, -0.2) is 28.9 Å². The Balaban J connectivity index is 0. The fourth-order valence-corrected chi connectivity index (χ4v) is 3.83. The van der Waals surface area contributed by atoms with E-state index >= 15 is 0 Å². The Labute approximate surface area is 216 Å². The summed E-state index contributed by atoms with van der Waals surface area (Å²) in [5, 5.41) is 0. The van der Waals surface area contributed by atoms with Gasteiger partial charge in [-0.1, -0.05) is 109 Å². The van der Waals surface area contributed by atoms with Crippen molar-refractivity contribution in [2.45, 2.75) is 130 Å². The summed E-state index contributed by atoms with van der Waals surface area (Å²) in [5.41, 5.74) is 6.08. The first kappa shape index (κ1) is 34.6. The normalized spacial score (nSPS) is 11.5. The lowest BCUT2D eigenvalue weighted by molar-refractivity contribution is -0.123. The molecule has 0 heterocycles. The van der Waals surface area contributed by atoms with Crippen LogP contribution in [0.1, 0.15) is 124 Å². The van der Waals surface area contributed by atoms with E-state index in [0.717, 1.165) is 82.6 Å². The number of unbranched alkanes of at least 4 members (excludes halogenated alkanes) is 4. The molecule has 2 N–H and O–H groups in total. The lowest BCUT2D eigenvalue weighted by atomic mass is 9.84. The molecule has 4 nitrogen and oxygen atoms in total. The Morgan fingerprint density at radius 2 is 1.18 bits per heavy atom. The van der Waals surface area contributed by atoms with E-state index in [4.69, 9.17) is 10.7 Å². The number of rotatable bonds is 16. The van der Waals surface area contributed by atoms with Crippen molar-refractivity contribution in [3.8, 4) is 0 Å². The number of hydrogen-bond donors (Lipinski definition) is 1. The Morgan fingerprint density at radius 1 is 0.765 bits per heavy atom. The summed E-state index contributed by atoms with van der Waals surface area (Å²) in [7, 11) is 0. The van der Waals surface area contributed by atoms with Crippen LogP contribution in [-0.2, 0) is 9.59 Å². The zero-order chi connectivity index (χ0) is 25.2. The van der Waals surface area contributed by atoms with E-state index in [1.54, 1.807) is 13.8 Å². The summed E-state index contributed by atoms with van der Waals surface area (Å²) in [6.45, 7) is 11.9. The van der Waals surface area contributed by atoms with Crippen LogP contribution in [0.15, 0.2) is 35.3 Å². The number of nitrogens with zero attached hydrogens (tertiary/aromatic N) is 1. The van der Waals surface area contributed by atoms with Crippen molar-refractivity contribution in [2.24, 2.45) is 10.7 Å². The second kappa shape index (κ2) is 19.8. The number of aliphatic imine (C=N–C) groups is 1. The van der Waals surface area contributed by atoms with Crippen LogP contribution < -0.4 is 5.73 Å². The third kappa shape index (κ3) is 13.4. The average molecular weight is 495 g/mol.